The smallest absolute Gasteiger partial charge is 0.407 e. The largest absolute Gasteiger partial charge is 0.444 e. The van der Waals surface area contributed by atoms with Crippen LogP contribution in [0.1, 0.15) is 54.4 Å². The van der Waals surface area contributed by atoms with E-state index in [1.54, 1.807) is 6.92 Å². The Morgan fingerprint density at radius 2 is 1.59 bits per heavy atom. The van der Waals surface area contributed by atoms with Gasteiger partial charge in [0.15, 0.2) is 0 Å². The Morgan fingerprint density at radius 1 is 1.12 bits per heavy atom. The molecule has 100 valence electrons. The number of carbonyl (C=O) groups is 2. The molecule has 0 atom stereocenters. The normalized spacial score (nSPS) is 12.1. The topological polar surface area (TPSA) is 55.4 Å². The first kappa shape index (κ1) is 15.9. The first-order valence-corrected chi connectivity index (χ1v) is 6.14. The summed E-state index contributed by atoms with van der Waals surface area (Å²) in [6, 6.07) is 0. The molecule has 0 radical (unpaired) electrons. The van der Waals surface area contributed by atoms with E-state index in [9.17, 15) is 9.59 Å². The van der Waals surface area contributed by atoms with Gasteiger partial charge in [-0.2, -0.15) is 0 Å². The van der Waals surface area contributed by atoms with Gasteiger partial charge in [-0.15, -0.1) is 0 Å². The van der Waals surface area contributed by atoms with Crippen LogP contribution in [0.15, 0.2) is 0 Å². The maximum Gasteiger partial charge on any atom is 0.407 e. The van der Waals surface area contributed by atoms with Crippen LogP contribution in [-0.4, -0.2) is 24.0 Å². The average molecular weight is 243 g/mol. The van der Waals surface area contributed by atoms with Gasteiger partial charge in [0.1, 0.15) is 11.4 Å². The Hall–Kier alpha value is -1.06. The number of Topliss-reactive ketones (excluding diaryl/α,β-unsaturated/α-hetero) is 1. The van der Waals surface area contributed by atoms with Crippen molar-refractivity contribution in [1.29, 1.82) is 0 Å². The van der Waals surface area contributed by atoms with Crippen LogP contribution in [0.4, 0.5) is 4.79 Å². The lowest BCUT2D eigenvalue weighted by Gasteiger charge is -2.29. The molecule has 0 bridgehead atoms. The van der Waals surface area contributed by atoms with Gasteiger partial charge >= 0.3 is 6.09 Å². The Kier molecular flexibility index (Phi) is 5.66. The van der Waals surface area contributed by atoms with Crippen molar-refractivity contribution < 1.29 is 14.3 Å². The number of ether oxygens (including phenoxy) is 1. The summed E-state index contributed by atoms with van der Waals surface area (Å²) in [4.78, 5) is 23.1. The predicted octanol–water partition coefficient (Wildman–Crippen LogP) is 2.91. The van der Waals surface area contributed by atoms with Crippen LogP contribution in [0.2, 0.25) is 0 Å². The highest BCUT2D eigenvalue weighted by Gasteiger charge is 2.32. The van der Waals surface area contributed by atoms with E-state index in [4.69, 9.17) is 4.74 Å². The van der Waals surface area contributed by atoms with Crippen molar-refractivity contribution in [2.24, 2.45) is 5.41 Å². The minimum absolute atomic E-state index is 0.110. The van der Waals surface area contributed by atoms with Gasteiger partial charge in [-0.05, 0) is 40.5 Å². The predicted molar refractivity (Wildman–Crippen MR) is 67.9 cm³/mol. The van der Waals surface area contributed by atoms with Gasteiger partial charge in [-0.25, -0.2) is 4.79 Å². The van der Waals surface area contributed by atoms with Crippen LogP contribution in [0.5, 0.6) is 0 Å². The molecule has 0 aliphatic heterocycles. The first-order valence-electron chi connectivity index (χ1n) is 6.14. The third-order valence-electron chi connectivity index (χ3n) is 3.07. The van der Waals surface area contributed by atoms with Gasteiger partial charge in [-0.3, -0.25) is 4.79 Å². The summed E-state index contributed by atoms with van der Waals surface area (Å²) in [5, 5.41) is 2.68. The lowest BCUT2D eigenvalue weighted by Crippen LogP contribution is -2.43. The van der Waals surface area contributed by atoms with E-state index in [1.165, 1.54) is 0 Å². The van der Waals surface area contributed by atoms with Crippen molar-refractivity contribution in [3.8, 4) is 0 Å². The standard InChI is InChI=1S/C13H25NO3/c1-7-13(8-2,10(3)15)9-14-11(16)17-12(4,5)6/h7-9H2,1-6H3,(H,14,16). The molecule has 0 aliphatic carbocycles. The third-order valence-corrected chi connectivity index (χ3v) is 3.07. The van der Waals surface area contributed by atoms with E-state index in [0.29, 0.717) is 19.4 Å². The van der Waals surface area contributed by atoms with Crippen LogP contribution in [0.3, 0.4) is 0 Å². The van der Waals surface area contributed by atoms with Crippen LogP contribution in [0, 0.1) is 5.41 Å². The zero-order chi connectivity index (χ0) is 13.7. The van der Waals surface area contributed by atoms with Crippen LogP contribution < -0.4 is 5.32 Å². The second-order valence-electron chi connectivity index (χ2n) is 5.40. The summed E-state index contributed by atoms with van der Waals surface area (Å²) in [5.41, 5.74) is -0.974. The number of carbonyl (C=O) groups excluding carboxylic acids is 2. The zero-order valence-corrected chi connectivity index (χ0v) is 11.8. The number of alkyl carbamates (subject to hydrolysis) is 1. The average Bonchev–Trinajstić information content (AvgIpc) is 2.17. The fraction of sp³-hybridized carbons (Fsp3) is 0.846. The Morgan fingerprint density at radius 3 is 1.88 bits per heavy atom. The number of nitrogens with one attached hydrogen (secondary N) is 1. The minimum Gasteiger partial charge on any atom is -0.444 e. The summed E-state index contributed by atoms with van der Waals surface area (Å²) < 4.78 is 5.14. The van der Waals surface area contributed by atoms with E-state index in [2.05, 4.69) is 5.32 Å². The molecule has 0 aromatic carbocycles. The van der Waals surface area contributed by atoms with E-state index in [0.717, 1.165) is 0 Å². The van der Waals surface area contributed by atoms with Gasteiger partial charge in [0, 0.05) is 12.0 Å². The first-order chi connectivity index (χ1) is 7.67. The molecule has 0 spiro atoms. The fourth-order valence-electron chi connectivity index (χ4n) is 1.68. The van der Waals surface area contributed by atoms with Crippen molar-refractivity contribution in [1.82, 2.24) is 5.32 Å². The summed E-state index contributed by atoms with van der Waals surface area (Å²) in [7, 11) is 0. The maximum atomic E-state index is 11.6. The van der Waals surface area contributed by atoms with Crippen LogP contribution in [-0.2, 0) is 9.53 Å². The number of hydrogen-bond donors (Lipinski definition) is 1. The number of rotatable bonds is 5. The van der Waals surface area contributed by atoms with Gasteiger partial charge in [0.2, 0.25) is 0 Å². The lowest BCUT2D eigenvalue weighted by atomic mass is 9.79. The molecule has 4 heteroatoms. The summed E-state index contributed by atoms with van der Waals surface area (Å²) in [6.45, 7) is 11.3. The molecule has 0 rings (SSSR count). The molecular weight excluding hydrogens is 218 g/mol. The monoisotopic (exact) mass is 243 g/mol. The molecule has 1 N–H and O–H groups in total. The molecule has 0 heterocycles. The van der Waals surface area contributed by atoms with Gasteiger partial charge in [0.05, 0.1) is 0 Å². The van der Waals surface area contributed by atoms with Crippen molar-refractivity contribution >= 4 is 11.9 Å². The highest BCUT2D eigenvalue weighted by atomic mass is 16.6. The molecule has 0 saturated heterocycles. The van der Waals surface area contributed by atoms with Crippen molar-refractivity contribution in [2.45, 2.75) is 60.0 Å². The van der Waals surface area contributed by atoms with Gasteiger partial charge < -0.3 is 10.1 Å². The maximum absolute atomic E-state index is 11.6. The van der Waals surface area contributed by atoms with Crippen LogP contribution >= 0.6 is 0 Å². The molecule has 0 aromatic rings. The quantitative estimate of drug-likeness (QED) is 0.807. The van der Waals surface area contributed by atoms with Crippen molar-refractivity contribution in [3.63, 3.8) is 0 Å². The number of ketones is 1. The van der Waals surface area contributed by atoms with Gasteiger partial charge in [-0.1, -0.05) is 13.8 Å². The van der Waals surface area contributed by atoms with Crippen LogP contribution in [0.25, 0.3) is 0 Å². The van der Waals surface area contributed by atoms with Gasteiger partial charge in [0.25, 0.3) is 0 Å². The third kappa shape index (κ3) is 5.20. The zero-order valence-electron chi connectivity index (χ0n) is 11.8. The molecule has 17 heavy (non-hydrogen) atoms. The summed E-state index contributed by atoms with van der Waals surface area (Å²) >= 11 is 0. The number of amides is 1. The lowest BCUT2D eigenvalue weighted by molar-refractivity contribution is -0.126. The van der Waals surface area contributed by atoms with E-state index < -0.39 is 17.1 Å². The van der Waals surface area contributed by atoms with Crippen molar-refractivity contribution in [3.05, 3.63) is 0 Å². The Labute approximate surface area is 104 Å². The highest BCUT2D eigenvalue weighted by Crippen LogP contribution is 2.26. The molecule has 4 nitrogen and oxygen atoms in total. The molecule has 0 aliphatic rings. The second kappa shape index (κ2) is 6.03. The molecular formula is C13H25NO3. The molecule has 0 unspecified atom stereocenters. The molecule has 0 aromatic heterocycles. The van der Waals surface area contributed by atoms with E-state index in [1.807, 2.05) is 34.6 Å². The number of hydrogen-bond acceptors (Lipinski definition) is 3. The van der Waals surface area contributed by atoms with Crippen molar-refractivity contribution in [2.75, 3.05) is 6.54 Å². The molecule has 1 amide bonds. The second-order valence-corrected chi connectivity index (χ2v) is 5.40. The Balaban J connectivity index is 4.43. The summed E-state index contributed by atoms with van der Waals surface area (Å²) in [6.07, 6.45) is 0.966. The minimum atomic E-state index is -0.513. The fourth-order valence-corrected chi connectivity index (χ4v) is 1.68. The Bertz CT molecular complexity index is 275. The van der Waals surface area contributed by atoms with E-state index in [-0.39, 0.29) is 5.78 Å². The molecule has 0 fully saturated rings. The molecule has 0 saturated carbocycles. The highest BCUT2D eigenvalue weighted by molar-refractivity contribution is 5.83. The van der Waals surface area contributed by atoms with E-state index >= 15 is 0 Å². The summed E-state index contributed by atoms with van der Waals surface area (Å²) in [5.74, 6) is 0.110. The SMILES string of the molecule is CCC(CC)(CNC(=O)OC(C)(C)C)C(C)=O.